The van der Waals surface area contributed by atoms with Crippen molar-refractivity contribution in [1.29, 1.82) is 0 Å². The molecule has 0 spiro atoms. The Balaban J connectivity index is 1.54. The average Bonchev–Trinajstić information content (AvgIpc) is 3.37. The Hall–Kier alpha value is -1.38. The van der Waals surface area contributed by atoms with E-state index in [1.54, 1.807) is 6.07 Å². The predicted molar refractivity (Wildman–Crippen MR) is 78.3 cm³/mol. The van der Waals surface area contributed by atoms with Gasteiger partial charge in [0, 0.05) is 11.5 Å². The molecular weight excluding hydrogens is 267 g/mol. The molecule has 3 saturated carbocycles. The summed E-state index contributed by atoms with van der Waals surface area (Å²) in [5.41, 5.74) is 1.56. The largest absolute Gasteiger partial charge is 0.493 e. The topological polar surface area (TPSA) is 26.3 Å². The van der Waals surface area contributed by atoms with Crippen LogP contribution in [0.2, 0.25) is 0 Å². The van der Waals surface area contributed by atoms with E-state index < -0.39 is 5.82 Å². The highest BCUT2D eigenvalue weighted by atomic mass is 19.1. The lowest BCUT2D eigenvalue weighted by Crippen LogP contribution is -2.19. The minimum Gasteiger partial charge on any atom is -0.493 e. The summed E-state index contributed by atoms with van der Waals surface area (Å²) in [6, 6.07) is 3.12. The van der Waals surface area contributed by atoms with E-state index in [0.29, 0.717) is 23.4 Å². The maximum Gasteiger partial charge on any atom is 0.153 e. The molecule has 112 valence electrons. The molecule has 3 aliphatic carbocycles. The van der Waals surface area contributed by atoms with Crippen molar-refractivity contribution in [3.63, 3.8) is 0 Å². The van der Waals surface area contributed by atoms with Crippen molar-refractivity contribution in [2.75, 3.05) is 6.61 Å². The van der Waals surface area contributed by atoms with Gasteiger partial charge in [-0.25, -0.2) is 4.39 Å². The zero-order chi connectivity index (χ0) is 14.4. The number of benzene rings is 1. The van der Waals surface area contributed by atoms with Crippen LogP contribution in [0.5, 0.6) is 5.75 Å². The molecule has 2 unspecified atom stereocenters. The summed E-state index contributed by atoms with van der Waals surface area (Å²) < 4.78 is 19.9. The van der Waals surface area contributed by atoms with Gasteiger partial charge in [-0.1, -0.05) is 12.8 Å². The number of hydrogen-bond donors (Lipinski definition) is 0. The number of fused-ring (bicyclic) bond motifs is 1. The molecule has 0 aliphatic heterocycles. The summed E-state index contributed by atoms with van der Waals surface area (Å²) in [7, 11) is 0. The van der Waals surface area contributed by atoms with E-state index >= 15 is 0 Å². The highest BCUT2D eigenvalue weighted by Crippen LogP contribution is 2.61. The van der Waals surface area contributed by atoms with Gasteiger partial charge < -0.3 is 4.74 Å². The van der Waals surface area contributed by atoms with Gasteiger partial charge in [0.15, 0.2) is 6.29 Å². The van der Waals surface area contributed by atoms with Gasteiger partial charge in [0.25, 0.3) is 0 Å². The van der Waals surface area contributed by atoms with Gasteiger partial charge >= 0.3 is 0 Å². The highest BCUT2D eigenvalue weighted by Gasteiger charge is 2.55. The number of carbonyl (C=O) groups is 1. The summed E-state index contributed by atoms with van der Waals surface area (Å²) in [6.07, 6.45) is 9.35. The van der Waals surface area contributed by atoms with E-state index in [1.165, 1.54) is 38.2 Å². The van der Waals surface area contributed by atoms with Gasteiger partial charge in [-0.2, -0.15) is 0 Å². The van der Waals surface area contributed by atoms with Crippen LogP contribution in [0.3, 0.4) is 0 Å². The van der Waals surface area contributed by atoms with Crippen molar-refractivity contribution < 1.29 is 13.9 Å². The highest BCUT2D eigenvalue weighted by molar-refractivity contribution is 5.76. The summed E-state index contributed by atoms with van der Waals surface area (Å²) >= 11 is 0. The monoisotopic (exact) mass is 288 g/mol. The summed E-state index contributed by atoms with van der Waals surface area (Å²) in [4.78, 5) is 10.9. The molecule has 4 rings (SSSR count). The third kappa shape index (κ3) is 2.37. The maximum atomic E-state index is 13.9. The van der Waals surface area contributed by atoms with Gasteiger partial charge in [-0.05, 0) is 55.6 Å². The molecule has 2 atom stereocenters. The van der Waals surface area contributed by atoms with Crippen molar-refractivity contribution in [2.24, 2.45) is 11.3 Å². The second-order valence-corrected chi connectivity index (χ2v) is 7.10. The lowest BCUT2D eigenvalue weighted by atomic mass is 9.89. The molecule has 3 aliphatic rings. The first kappa shape index (κ1) is 13.3. The van der Waals surface area contributed by atoms with Gasteiger partial charge in [-0.15, -0.1) is 0 Å². The average molecular weight is 288 g/mol. The van der Waals surface area contributed by atoms with Crippen molar-refractivity contribution in [3.8, 4) is 5.75 Å². The van der Waals surface area contributed by atoms with Crippen molar-refractivity contribution in [1.82, 2.24) is 0 Å². The quantitative estimate of drug-likeness (QED) is 0.747. The van der Waals surface area contributed by atoms with E-state index in [1.807, 2.05) is 0 Å². The molecule has 0 bridgehead atoms. The maximum absolute atomic E-state index is 13.9. The molecule has 2 nitrogen and oxygen atoms in total. The SMILES string of the molecule is O=Cc1cc(C2CC2)c(OCC23CCCCC2C3)cc1F. The first-order chi connectivity index (χ1) is 10.2. The lowest BCUT2D eigenvalue weighted by Gasteiger charge is -2.23. The molecule has 21 heavy (non-hydrogen) atoms. The van der Waals surface area contributed by atoms with Crippen molar-refractivity contribution in [2.45, 2.75) is 50.9 Å². The van der Waals surface area contributed by atoms with Crippen LogP contribution in [-0.4, -0.2) is 12.9 Å². The molecule has 0 saturated heterocycles. The molecule has 1 aromatic carbocycles. The van der Waals surface area contributed by atoms with Crippen LogP contribution in [0.1, 0.15) is 66.8 Å². The molecule has 0 amide bonds. The van der Waals surface area contributed by atoms with E-state index in [9.17, 15) is 9.18 Å². The van der Waals surface area contributed by atoms with Crippen LogP contribution in [0, 0.1) is 17.2 Å². The molecule has 0 radical (unpaired) electrons. The third-order valence-electron chi connectivity index (χ3n) is 5.62. The fourth-order valence-corrected chi connectivity index (χ4v) is 4.00. The lowest BCUT2D eigenvalue weighted by molar-refractivity contribution is 0.111. The molecule has 0 heterocycles. The molecule has 0 aromatic heterocycles. The third-order valence-corrected chi connectivity index (χ3v) is 5.62. The van der Waals surface area contributed by atoms with E-state index in [2.05, 4.69) is 0 Å². The number of ether oxygens (including phenoxy) is 1. The van der Waals surface area contributed by atoms with Crippen LogP contribution in [0.25, 0.3) is 0 Å². The van der Waals surface area contributed by atoms with Crippen molar-refractivity contribution >= 4 is 6.29 Å². The molecule has 3 fully saturated rings. The van der Waals surface area contributed by atoms with Crippen LogP contribution in [-0.2, 0) is 0 Å². The molecule has 0 N–H and O–H groups in total. The Labute approximate surface area is 124 Å². The van der Waals surface area contributed by atoms with Crippen LogP contribution >= 0.6 is 0 Å². The van der Waals surface area contributed by atoms with Crippen LogP contribution in [0.4, 0.5) is 4.39 Å². The Morgan fingerprint density at radius 1 is 1.29 bits per heavy atom. The summed E-state index contributed by atoms with van der Waals surface area (Å²) in [6.45, 7) is 0.720. The summed E-state index contributed by atoms with van der Waals surface area (Å²) in [5, 5.41) is 0. The number of aldehydes is 1. The second kappa shape index (κ2) is 4.82. The normalized spacial score (nSPS) is 30.6. The fraction of sp³-hybridized carbons (Fsp3) is 0.611. The number of rotatable bonds is 5. The smallest absolute Gasteiger partial charge is 0.153 e. The Morgan fingerprint density at radius 3 is 2.86 bits per heavy atom. The molecule has 3 heteroatoms. The van der Waals surface area contributed by atoms with E-state index in [-0.39, 0.29) is 5.56 Å². The Bertz CT molecular complexity index is 579. The summed E-state index contributed by atoms with van der Waals surface area (Å²) in [5.74, 6) is 1.50. The van der Waals surface area contributed by atoms with E-state index in [4.69, 9.17) is 4.74 Å². The van der Waals surface area contributed by atoms with Gasteiger partial charge in [0.1, 0.15) is 11.6 Å². The van der Waals surface area contributed by atoms with Gasteiger partial charge in [0.05, 0.1) is 12.2 Å². The first-order valence-corrected chi connectivity index (χ1v) is 8.13. The van der Waals surface area contributed by atoms with Crippen molar-refractivity contribution in [3.05, 3.63) is 29.1 Å². The van der Waals surface area contributed by atoms with Gasteiger partial charge in [0.2, 0.25) is 0 Å². The minimum atomic E-state index is -0.460. The van der Waals surface area contributed by atoms with Crippen LogP contribution < -0.4 is 4.74 Å². The number of halogens is 1. The molecular formula is C18H21FO2. The number of carbonyl (C=O) groups excluding carboxylic acids is 1. The number of hydrogen-bond acceptors (Lipinski definition) is 2. The van der Waals surface area contributed by atoms with E-state index in [0.717, 1.165) is 30.9 Å². The standard InChI is InChI=1S/C18H21FO2/c19-16-8-17(15(12-4-5-12)7-13(16)10-20)21-11-18-6-2-1-3-14(18)9-18/h7-8,10,12,14H,1-6,9,11H2. The second-order valence-electron chi connectivity index (χ2n) is 7.10. The Morgan fingerprint density at radius 2 is 2.14 bits per heavy atom. The minimum absolute atomic E-state index is 0.157. The van der Waals surface area contributed by atoms with Gasteiger partial charge in [-0.3, -0.25) is 4.79 Å². The predicted octanol–water partition coefficient (Wildman–Crippen LogP) is 4.47. The molecule has 1 aromatic rings. The van der Waals surface area contributed by atoms with Crippen LogP contribution in [0.15, 0.2) is 12.1 Å². The fourth-order valence-electron chi connectivity index (χ4n) is 4.00. The Kier molecular flexibility index (Phi) is 3.05. The zero-order valence-corrected chi connectivity index (χ0v) is 12.2. The zero-order valence-electron chi connectivity index (χ0n) is 12.2. The first-order valence-electron chi connectivity index (χ1n) is 8.13.